The van der Waals surface area contributed by atoms with Crippen LogP contribution in [-0.2, 0) is 0 Å². The first-order chi connectivity index (χ1) is 6.42. The van der Waals surface area contributed by atoms with Gasteiger partial charge in [0.2, 0.25) is 0 Å². The molecule has 0 atom stereocenters. The molecule has 0 unspecified atom stereocenters. The summed E-state index contributed by atoms with van der Waals surface area (Å²) in [6.07, 6.45) is 9.16. The van der Waals surface area contributed by atoms with E-state index in [2.05, 4.69) is 10.1 Å². The Kier molecular flexibility index (Phi) is 2.27. The zero-order chi connectivity index (χ0) is 9.10. The average molecular weight is 194 g/mol. The van der Waals surface area contributed by atoms with Crippen molar-refractivity contribution in [2.75, 3.05) is 5.88 Å². The highest BCUT2D eigenvalue weighted by molar-refractivity contribution is 6.19. The molecular weight excluding hydrogens is 186 g/mol. The summed E-state index contributed by atoms with van der Waals surface area (Å²) in [6, 6.07) is 1.84. The molecule has 0 saturated heterocycles. The number of nitrogens with zero attached hydrogens (tertiary/aromatic N) is 3. The molecule has 0 spiro atoms. The number of allylic oxidation sites excluding steroid dienone is 1. The highest BCUT2D eigenvalue weighted by Crippen LogP contribution is 2.08. The summed E-state index contributed by atoms with van der Waals surface area (Å²) in [5, 5.41) is 4.13. The first-order valence-electron chi connectivity index (χ1n) is 3.92. The van der Waals surface area contributed by atoms with Gasteiger partial charge in [-0.25, -0.2) is 9.50 Å². The van der Waals surface area contributed by atoms with E-state index in [-0.39, 0.29) is 0 Å². The number of halogens is 1. The smallest absolute Gasteiger partial charge is 0.162 e. The monoisotopic (exact) mass is 193 g/mol. The minimum atomic E-state index is 0.504. The minimum absolute atomic E-state index is 0.504. The minimum Gasteiger partial charge on any atom is -0.236 e. The van der Waals surface area contributed by atoms with Crippen LogP contribution in [0.2, 0.25) is 0 Å². The Hall–Kier alpha value is -1.35. The van der Waals surface area contributed by atoms with Gasteiger partial charge in [-0.1, -0.05) is 12.2 Å². The third kappa shape index (κ3) is 1.55. The Morgan fingerprint density at radius 1 is 1.54 bits per heavy atom. The van der Waals surface area contributed by atoms with Crippen molar-refractivity contribution in [3.05, 3.63) is 36.3 Å². The molecule has 2 heterocycles. The summed E-state index contributed by atoms with van der Waals surface area (Å²) >= 11 is 5.54. The van der Waals surface area contributed by atoms with Crippen LogP contribution in [0.3, 0.4) is 0 Å². The number of rotatable bonds is 2. The average Bonchev–Trinajstić information content (AvgIpc) is 2.58. The van der Waals surface area contributed by atoms with Gasteiger partial charge in [-0.3, -0.25) is 0 Å². The third-order valence-corrected chi connectivity index (χ3v) is 1.87. The number of alkyl halides is 1. The largest absolute Gasteiger partial charge is 0.236 e. The lowest BCUT2D eigenvalue weighted by atomic mass is 10.3. The third-order valence-electron chi connectivity index (χ3n) is 1.69. The Labute approximate surface area is 80.7 Å². The van der Waals surface area contributed by atoms with Crippen LogP contribution in [0.1, 0.15) is 5.56 Å². The summed E-state index contributed by atoms with van der Waals surface area (Å²) < 4.78 is 1.73. The van der Waals surface area contributed by atoms with E-state index in [0.717, 1.165) is 11.2 Å². The topological polar surface area (TPSA) is 30.2 Å². The first-order valence-corrected chi connectivity index (χ1v) is 4.46. The van der Waals surface area contributed by atoms with Crippen molar-refractivity contribution in [1.82, 2.24) is 14.6 Å². The molecule has 0 amide bonds. The van der Waals surface area contributed by atoms with Crippen LogP contribution >= 0.6 is 11.6 Å². The van der Waals surface area contributed by atoms with Crippen LogP contribution in [0, 0.1) is 0 Å². The molecule has 2 aromatic heterocycles. The molecule has 0 saturated carbocycles. The fraction of sp³-hybridized carbons (Fsp3) is 0.111. The summed E-state index contributed by atoms with van der Waals surface area (Å²) in [6.45, 7) is 0. The van der Waals surface area contributed by atoms with E-state index in [1.807, 2.05) is 24.4 Å². The van der Waals surface area contributed by atoms with E-state index in [1.165, 1.54) is 0 Å². The van der Waals surface area contributed by atoms with Crippen LogP contribution in [-0.4, -0.2) is 20.5 Å². The first kappa shape index (κ1) is 8.26. The molecule has 2 aromatic rings. The van der Waals surface area contributed by atoms with Crippen LogP contribution in [0.15, 0.2) is 30.7 Å². The summed E-state index contributed by atoms with van der Waals surface area (Å²) in [4.78, 5) is 4.20. The van der Waals surface area contributed by atoms with E-state index in [1.54, 1.807) is 16.9 Å². The van der Waals surface area contributed by atoms with Gasteiger partial charge in [-0.2, -0.15) is 5.10 Å². The van der Waals surface area contributed by atoms with Gasteiger partial charge in [0.25, 0.3) is 0 Å². The number of fused-ring (bicyclic) bond motifs is 1. The molecule has 0 fully saturated rings. The van der Waals surface area contributed by atoms with Gasteiger partial charge in [0.15, 0.2) is 5.65 Å². The standard InChI is InChI=1S/C9H8ClN3/c10-4-1-3-8-7-12-13-6-2-5-11-9(8)13/h1-3,5-7H,4H2. The molecular formula is C9H8ClN3. The number of hydrogen-bond donors (Lipinski definition) is 0. The maximum Gasteiger partial charge on any atom is 0.162 e. The maximum absolute atomic E-state index is 5.54. The van der Waals surface area contributed by atoms with E-state index >= 15 is 0 Å². The molecule has 0 N–H and O–H groups in total. The molecule has 0 aliphatic carbocycles. The molecule has 0 bridgehead atoms. The molecule has 0 aromatic carbocycles. The molecule has 3 nitrogen and oxygen atoms in total. The van der Waals surface area contributed by atoms with Gasteiger partial charge in [0.1, 0.15) is 0 Å². The van der Waals surface area contributed by atoms with Crippen molar-refractivity contribution in [2.45, 2.75) is 0 Å². The fourth-order valence-corrected chi connectivity index (χ4v) is 1.22. The van der Waals surface area contributed by atoms with Crippen molar-refractivity contribution in [3.63, 3.8) is 0 Å². The molecule has 0 aliphatic heterocycles. The zero-order valence-electron chi connectivity index (χ0n) is 6.89. The normalized spacial score (nSPS) is 11.5. The Morgan fingerprint density at radius 2 is 2.46 bits per heavy atom. The SMILES string of the molecule is ClCC=Cc1cnn2cccnc12. The molecule has 2 rings (SSSR count). The van der Waals surface area contributed by atoms with E-state index in [4.69, 9.17) is 11.6 Å². The second kappa shape index (κ2) is 3.58. The highest BCUT2D eigenvalue weighted by Gasteiger charge is 1.99. The second-order valence-electron chi connectivity index (χ2n) is 2.54. The van der Waals surface area contributed by atoms with E-state index in [9.17, 15) is 0 Å². The highest BCUT2D eigenvalue weighted by atomic mass is 35.5. The van der Waals surface area contributed by atoms with Crippen molar-refractivity contribution in [3.8, 4) is 0 Å². The summed E-state index contributed by atoms with van der Waals surface area (Å²) in [7, 11) is 0. The van der Waals surface area contributed by atoms with Crippen LogP contribution in [0.5, 0.6) is 0 Å². The van der Waals surface area contributed by atoms with E-state index < -0.39 is 0 Å². The summed E-state index contributed by atoms with van der Waals surface area (Å²) in [5.41, 5.74) is 1.84. The number of aromatic nitrogens is 3. The number of hydrogen-bond acceptors (Lipinski definition) is 2. The maximum atomic E-state index is 5.54. The van der Waals surface area contributed by atoms with Gasteiger partial charge >= 0.3 is 0 Å². The lowest BCUT2D eigenvalue weighted by Crippen LogP contribution is -1.86. The van der Waals surface area contributed by atoms with Gasteiger partial charge in [-0.15, -0.1) is 11.6 Å². The molecule has 13 heavy (non-hydrogen) atoms. The van der Waals surface area contributed by atoms with Crippen molar-refractivity contribution < 1.29 is 0 Å². The quantitative estimate of drug-likeness (QED) is 0.683. The lowest BCUT2D eigenvalue weighted by Gasteiger charge is -1.90. The van der Waals surface area contributed by atoms with Crippen LogP contribution < -0.4 is 0 Å². The van der Waals surface area contributed by atoms with Gasteiger partial charge in [0.05, 0.1) is 6.20 Å². The van der Waals surface area contributed by atoms with Crippen molar-refractivity contribution in [1.29, 1.82) is 0 Å². The molecule has 4 heteroatoms. The molecule has 0 radical (unpaired) electrons. The fourth-order valence-electron chi connectivity index (χ4n) is 1.13. The Bertz CT molecular complexity index is 433. The van der Waals surface area contributed by atoms with Crippen LogP contribution in [0.25, 0.3) is 11.7 Å². The van der Waals surface area contributed by atoms with Crippen molar-refractivity contribution in [2.24, 2.45) is 0 Å². The predicted octanol–water partition coefficient (Wildman–Crippen LogP) is 1.98. The van der Waals surface area contributed by atoms with E-state index in [0.29, 0.717) is 5.88 Å². The van der Waals surface area contributed by atoms with Gasteiger partial charge < -0.3 is 0 Å². The molecule has 66 valence electrons. The second-order valence-corrected chi connectivity index (χ2v) is 2.85. The Balaban J connectivity index is 2.52. The predicted molar refractivity (Wildman–Crippen MR) is 52.7 cm³/mol. The van der Waals surface area contributed by atoms with Gasteiger partial charge in [-0.05, 0) is 6.07 Å². The van der Waals surface area contributed by atoms with Crippen LogP contribution in [0.4, 0.5) is 0 Å². The zero-order valence-corrected chi connectivity index (χ0v) is 7.65. The summed E-state index contributed by atoms with van der Waals surface area (Å²) in [5.74, 6) is 0.504. The molecule has 0 aliphatic rings. The van der Waals surface area contributed by atoms with Crippen molar-refractivity contribution >= 4 is 23.3 Å². The van der Waals surface area contributed by atoms with Gasteiger partial charge in [0, 0.05) is 23.8 Å². The lowest BCUT2D eigenvalue weighted by molar-refractivity contribution is 0.939. The Morgan fingerprint density at radius 3 is 3.31 bits per heavy atom.